The molecule has 1 unspecified atom stereocenters. The molecule has 0 aromatic carbocycles. The van der Waals surface area contributed by atoms with E-state index < -0.39 is 0 Å². The van der Waals surface area contributed by atoms with Gasteiger partial charge in [-0.3, -0.25) is 4.79 Å². The first kappa shape index (κ1) is 16.4. The number of hydrogen-bond acceptors (Lipinski definition) is 4. The lowest BCUT2D eigenvalue weighted by Gasteiger charge is -2.18. The molecule has 0 heterocycles. The van der Waals surface area contributed by atoms with Gasteiger partial charge in [0.25, 0.3) is 0 Å². The summed E-state index contributed by atoms with van der Waals surface area (Å²) in [5, 5.41) is 2.94. The first-order chi connectivity index (χ1) is 7.90. The second-order valence-corrected chi connectivity index (χ2v) is 5.31. The number of ether oxygens (including phenoxy) is 2. The summed E-state index contributed by atoms with van der Waals surface area (Å²) in [6.45, 7) is 10.1. The van der Waals surface area contributed by atoms with Crippen LogP contribution in [0.2, 0.25) is 0 Å². The number of rotatable bonds is 8. The summed E-state index contributed by atoms with van der Waals surface area (Å²) < 4.78 is 10.5. The summed E-state index contributed by atoms with van der Waals surface area (Å²) in [6.07, 6.45) is 1.68. The number of esters is 1. The molecule has 102 valence electrons. The van der Waals surface area contributed by atoms with Crippen LogP contribution in [-0.4, -0.2) is 38.9 Å². The van der Waals surface area contributed by atoms with Crippen molar-refractivity contribution in [2.45, 2.75) is 46.6 Å². The molecule has 17 heavy (non-hydrogen) atoms. The summed E-state index contributed by atoms with van der Waals surface area (Å²) >= 11 is 0. The highest BCUT2D eigenvalue weighted by Gasteiger charge is 2.17. The fourth-order valence-corrected chi connectivity index (χ4v) is 1.30. The van der Waals surface area contributed by atoms with Gasteiger partial charge in [0.1, 0.15) is 6.04 Å². The molecule has 0 radical (unpaired) electrons. The Kier molecular flexibility index (Phi) is 8.17. The van der Waals surface area contributed by atoms with E-state index in [0.717, 1.165) is 13.0 Å². The molecule has 0 aromatic heterocycles. The van der Waals surface area contributed by atoms with E-state index in [1.165, 1.54) is 0 Å². The molecule has 0 bridgehead atoms. The number of carbonyl (C=O) groups is 1. The Hall–Kier alpha value is -0.610. The molecule has 1 atom stereocenters. The van der Waals surface area contributed by atoms with Gasteiger partial charge in [-0.1, -0.05) is 20.8 Å². The summed E-state index contributed by atoms with van der Waals surface area (Å²) in [4.78, 5) is 11.5. The van der Waals surface area contributed by atoms with Crippen molar-refractivity contribution in [1.29, 1.82) is 0 Å². The van der Waals surface area contributed by atoms with Crippen molar-refractivity contribution in [3.63, 3.8) is 0 Å². The van der Waals surface area contributed by atoms with Crippen molar-refractivity contribution < 1.29 is 14.3 Å². The molecule has 0 spiro atoms. The second-order valence-electron chi connectivity index (χ2n) is 5.31. The van der Waals surface area contributed by atoms with Crippen LogP contribution in [0.5, 0.6) is 0 Å². The molecule has 0 saturated heterocycles. The van der Waals surface area contributed by atoms with Crippen LogP contribution < -0.4 is 5.32 Å². The van der Waals surface area contributed by atoms with Crippen LogP contribution in [0, 0.1) is 5.41 Å². The third-order valence-corrected chi connectivity index (χ3v) is 2.47. The highest BCUT2D eigenvalue weighted by Crippen LogP contribution is 2.17. The number of nitrogens with one attached hydrogen (secondary N) is 1. The minimum atomic E-state index is -0.260. The lowest BCUT2D eigenvalue weighted by atomic mass is 9.93. The minimum Gasteiger partial charge on any atom is -0.465 e. The molecule has 4 nitrogen and oxygen atoms in total. The summed E-state index contributed by atoms with van der Waals surface area (Å²) in [6, 6.07) is -0.260. The summed E-state index contributed by atoms with van der Waals surface area (Å²) in [7, 11) is 1.76. The molecule has 0 amide bonds. The Morgan fingerprint density at radius 1 is 1.29 bits per heavy atom. The Morgan fingerprint density at radius 2 is 1.94 bits per heavy atom. The van der Waals surface area contributed by atoms with Crippen LogP contribution in [0.3, 0.4) is 0 Å². The van der Waals surface area contributed by atoms with E-state index in [-0.39, 0.29) is 12.0 Å². The smallest absolute Gasteiger partial charge is 0.323 e. The van der Waals surface area contributed by atoms with Gasteiger partial charge in [-0.05, 0) is 32.2 Å². The molecule has 0 aromatic rings. The third-order valence-electron chi connectivity index (χ3n) is 2.47. The zero-order chi connectivity index (χ0) is 13.3. The number of carbonyl (C=O) groups excluding carboxylic acids is 1. The molecular formula is C13H27NO3. The summed E-state index contributed by atoms with van der Waals surface area (Å²) in [5.74, 6) is -0.200. The van der Waals surface area contributed by atoms with E-state index >= 15 is 0 Å². The lowest BCUT2D eigenvalue weighted by Crippen LogP contribution is -2.36. The van der Waals surface area contributed by atoms with Crippen LogP contribution in [0.15, 0.2) is 0 Å². The topological polar surface area (TPSA) is 47.6 Å². The highest BCUT2D eigenvalue weighted by molar-refractivity contribution is 5.75. The standard InChI is InChI=1S/C13H27NO3/c1-6-17-12(15)11(14-5)7-9-16-10-8-13(2,3)4/h11,14H,6-10H2,1-5H3. The predicted octanol–water partition coefficient (Wildman–Crippen LogP) is 1.98. The van der Waals surface area contributed by atoms with Crippen molar-refractivity contribution in [3.8, 4) is 0 Å². The molecule has 4 heteroatoms. The van der Waals surface area contributed by atoms with Crippen LogP contribution in [0.4, 0.5) is 0 Å². The molecule has 0 saturated carbocycles. The average molecular weight is 245 g/mol. The molecule has 1 N–H and O–H groups in total. The van der Waals surface area contributed by atoms with Crippen molar-refractivity contribution in [3.05, 3.63) is 0 Å². The van der Waals surface area contributed by atoms with E-state index in [4.69, 9.17) is 9.47 Å². The zero-order valence-electron chi connectivity index (χ0n) is 11.8. The lowest BCUT2D eigenvalue weighted by molar-refractivity contribution is -0.146. The highest BCUT2D eigenvalue weighted by atomic mass is 16.5. The van der Waals surface area contributed by atoms with E-state index in [0.29, 0.717) is 25.0 Å². The Balaban J connectivity index is 3.67. The van der Waals surface area contributed by atoms with Gasteiger partial charge < -0.3 is 14.8 Å². The maximum absolute atomic E-state index is 11.5. The van der Waals surface area contributed by atoms with Gasteiger partial charge in [0.05, 0.1) is 6.61 Å². The van der Waals surface area contributed by atoms with Gasteiger partial charge in [-0.25, -0.2) is 0 Å². The fraction of sp³-hybridized carbons (Fsp3) is 0.923. The number of hydrogen-bond donors (Lipinski definition) is 1. The van der Waals surface area contributed by atoms with Crippen molar-refractivity contribution in [2.24, 2.45) is 5.41 Å². The molecule has 0 aliphatic carbocycles. The van der Waals surface area contributed by atoms with Gasteiger partial charge in [-0.15, -0.1) is 0 Å². The zero-order valence-corrected chi connectivity index (χ0v) is 11.8. The molecule has 0 aliphatic heterocycles. The first-order valence-corrected chi connectivity index (χ1v) is 6.32. The number of likely N-dealkylation sites (N-methyl/N-ethyl adjacent to an activating group) is 1. The molecule has 0 fully saturated rings. The normalized spacial score (nSPS) is 13.5. The molecular weight excluding hydrogens is 218 g/mol. The van der Waals surface area contributed by atoms with Crippen LogP contribution in [-0.2, 0) is 14.3 Å². The monoisotopic (exact) mass is 245 g/mol. The van der Waals surface area contributed by atoms with Crippen molar-refractivity contribution >= 4 is 5.97 Å². The van der Waals surface area contributed by atoms with Crippen molar-refractivity contribution in [1.82, 2.24) is 5.32 Å². The first-order valence-electron chi connectivity index (χ1n) is 6.32. The fourth-order valence-electron chi connectivity index (χ4n) is 1.30. The third kappa shape index (κ3) is 9.12. The minimum absolute atomic E-state index is 0.200. The predicted molar refractivity (Wildman–Crippen MR) is 69.0 cm³/mol. The van der Waals surface area contributed by atoms with Gasteiger partial charge in [-0.2, -0.15) is 0 Å². The quantitative estimate of drug-likeness (QED) is 0.525. The van der Waals surface area contributed by atoms with Gasteiger partial charge in [0.2, 0.25) is 0 Å². The molecule has 0 rings (SSSR count). The Bertz CT molecular complexity index is 211. The van der Waals surface area contributed by atoms with Gasteiger partial charge >= 0.3 is 5.97 Å². The van der Waals surface area contributed by atoms with E-state index in [2.05, 4.69) is 26.1 Å². The second kappa shape index (κ2) is 8.48. The van der Waals surface area contributed by atoms with E-state index in [1.807, 2.05) is 6.92 Å². The Morgan fingerprint density at radius 3 is 2.41 bits per heavy atom. The summed E-state index contributed by atoms with van der Waals surface area (Å²) in [5.41, 5.74) is 0.295. The van der Waals surface area contributed by atoms with Crippen LogP contribution >= 0.6 is 0 Å². The van der Waals surface area contributed by atoms with Crippen LogP contribution in [0.25, 0.3) is 0 Å². The van der Waals surface area contributed by atoms with Crippen LogP contribution in [0.1, 0.15) is 40.5 Å². The maximum Gasteiger partial charge on any atom is 0.323 e. The van der Waals surface area contributed by atoms with Gasteiger partial charge in [0.15, 0.2) is 0 Å². The van der Waals surface area contributed by atoms with Gasteiger partial charge in [0, 0.05) is 13.2 Å². The maximum atomic E-state index is 11.5. The average Bonchev–Trinajstić information content (AvgIpc) is 2.22. The van der Waals surface area contributed by atoms with E-state index in [9.17, 15) is 4.79 Å². The van der Waals surface area contributed by atoms with E-state index in [1.54, 1.807) is 7.05 Å². The largest absolute Gasteiger partial charge is 0.465 e. The SMILES string of the molecule is CCOC(=O)C(CCOCCC(C)(C)C)NC. The Labute approximate surface area is 105 Å². The molecule has 0 aliphatic rings. The van der Waals surface area contributed by atoms with Crippen molar-refractivity contribution in [2.75, 3.05) is 26.9 Å².